The molecule has 6 heteroatoms. The summed E-state index contributed by atoms with van der Waals surface area (Å²) >= 11 is 0. The zero-order chi connectivity index (χ0) is 18.7. The lowest BCUT2D eigenvalue weighted by Gasteiger charge is -2.30. The molecule has 1 atom stereocenters. The molecule has 132 valence electrons. The standard InChI is InChI=1S/C20H21N5O/c1-13-3-2-8-25(11-13)12-14-4-6-15(7-5-14)18-16(9-21)19(23)24-20(26)17(18)10-22/h4-7,13H,2-3,8,11-12H2,1H3,(H3,23,24,26). The number of benzene rings is 1. The Morgan fingerprint density at radius 2 is 1.92 bits per heavy atom. The number of pyridine rings is 1. The quantitative estimate of drug-likeness (QED) is 0.887. The van der Waals surface area contributed by atoms with Crippen molar-refractivity contribution in [3.05, 3.63) is 51.3 Å². The Kier molecular flexibility index (Phi) is 5.06. The largest absolute Gasteiger partial charge is 0.384 e. The van der Waals surface area contributed by atoms with Crippen LogP contribution in [-0.2, 0) is 6.54 Å². The average Bonchev–Trinajstić information content (AvgIpc) is 2.62. The Morgan fingerprint density at radius 1 is 1.23 bits per heavy atom. The molecule has 3 N–H and O–H groups in total. The first-order valence-electron chi connectivity index (χ1n) is 8.71. The van der Waals surface area contributed by atoms with Crippen molar-refractivity contribution in [3.63, 3.8) is 0 Å². The lowest BCUT2D eigenvalue weighted by Crippen LogP contribution is -2.33. The zero-order valence-electron chi connectivity index (χ0n) is 14.7. The molecule has 0 bridgehead atoms. The molecule has 0 spiro atoms. The maximum atomic E-state index is 12.0. The molecule has 2 heterocycles. The average molecular weight is 347 g/mol. The van der Waals surface area contributed by atoms with Crippen molar-refractivity contribution in [2.75, 3.05) is 18.8 Å². The highest BCUT2D eigenvalue weighted by atomic mass is 16.1. The monoisotopic (exact) mass is 347 g/mol. The van der Waals surface area contributed by atoms with Crippen molar-refractivity contribution in [1.82, 2.24) is 9.88 Å². The van der Waals surface area contributed by atoms with E-state index in [1.54, 1.807) is 0 Å². The van der Waals surface area contributed by atoms with Gasteiger partial charge in [0.15, 0.2) is 0 Å². The number of nitrogen functional groups attached to an aromatic ring is 1. The maximum Gasteiger partial charge on any atom is 0.268 e. The third-order valence-corrected chi connectivity index (χ3v) is 4.86. The molecule has 1 aliphatic heterocycles. The van der Waals surface area contributed by atoms with Gasteiger partial charge in [-0.25, -0.2) is 0 Å². The van der Waals surface area contributed by atoms with Gasteiger partial charge in [-0.05, 0) is 36.4 Å². The number of nitriles is 2. The number of hydrogen-bond donors (Lipinski definition) is 2. The fraction of sp³-hybridized carbons (Fsp3) is 0.350. The van der Waals surface area contributed by atoms with Crippen LogP contribution in [0.15, 0.2) is 29.1 Å². The Balaban J connectivity index is 1.93. The van der Waals surface area contributed by atoms with Crippen LogP contribution in [0, 0.1) is 28.6 Å². The van der Waals surface area contributed by atoms with E-state index in [4.69, 9.17) is 5.73 Å². The molecule has 3 rings (SSSR count). The van der Waals surface area contributed by atoms with Gasteiger partial charge in [-0.15, -0.1) is 0 Å². The summed E-state index contributed by atoms with van der Waals surface area (Å²) in [5.74, 6) is 0.705. The highest BCUT2D eigenvalue weighted by Crippen LogP contribution is 2.28. The van der Waals surface area contributed by atoms with Crippen LogP contribution in [0.5, 0.6) is 0 Å². The van der Waals surface area contributed by atoms with Gasteiger partial charge in [0.05, 0.1) is 0 Å². The summed E-state index contributed by atoms with van der Waals surface area (Å²) in [4.78, 5) is 16.8. The molecule has 1 saturated heterocycles. The number of H-pyrrole nitrogens is 1. The molecule has 2 aromatic rings. The number of piperidine rings is 1. The molecule has 1 fully saturated rings. The summed E-state index contributed by atoms with van der Waals surface area (Å²) in [7, 11) is 0. The third-order valence-electron chi connectivity index (χ3n) is 4.86. The summed E-state index contributed by atoms with van der Waals surface area (Å²) in [6.07, 6.45) is 2.51. The molecular weight excluding hydrogens is 326 g/mol. The van der Waals surface area contributed by atoms with E-state index in [1.165, 1.54) is 12.8 Å². The van der Waals surface area contributed by atoms with Crippen molar-refractivity contribution in [3.8, 4) is 23.3 Å². The fourth-order valence-corrected chi connectivity index (χ4v) is 3.60. The number of aromatic amines is 1. The van der Waals surface area contributed by atoms with Gasteiger partial charge in [-0.2, -0.15) is 10.5 Å². The van der Waals surface area contributed by atoms with Crippen LogP contribution in [0.4, 0.5) is 5.82 Å². The molecule has 1 aliphatic rings. The summed E-state index contributed by atoms with van der Waals surface area (Å²) in [5.41, 5.74) is 7.33. The van der Waals surface area contributed by atoms with E-state index >= 15 is 0 Å². The van der Waals surface area contributed by atoms with Crippen LogP contribution >= 0.6 is 0 Å². The first kappa shape index (κ1) is 17.7. The molecule has 0 radical (unpaired) electrons. The number of rotatable bonds is 3. The number of anilines is 1. The van der Waals surface area contributed by atoms with Crippen LogP contribution in [0.1, 0.15) is 36.5 Å². The number of aromatic nitrogens is 1. The topological polar surface area (TPSA) is 110 Å². The van der Waals surface area contributed by atoms with Gasteiger partial charge in [-0.1, -0.05) is 31.2 Å². The molecule has 1 aromatic heterocycles. The van der Waals surface area contributed by atoms with Crippen molar-refractivity contribution in [1.29, 1.82) is 10.5 Å². The molecule has 0 aliphatic carbocycles. The highest BCUT2D eigenvalue weighted by Gasteiger charge is 2.19. The first-order valence-corrected chi connectivity index (χ1v) is 8.71. The van der Waals surface area contributed by atoms with Gasteiger partial charge in [-0.3, -0.25) is 9.69 Å². The smallest absolute Gasteiger partial charge is 0.268 e. The summed E-state index contributed by atoms with van der Waals surface area (Å²) in [5, 5.41) is 18.7. The van der Waals surface area contributed by atoms with Crippen LogP contribution in [0.25, 0.3) is 11.1 Å². The summed E-state index contributed by atoms with van der Waals surface area (Å²) < 4.78 is 0. The number of nitrogens with one attached hydrogen (secondary N) is 1. The summed E-state index contributed by atoms with van der Waals surface area (Å²) in [6, 6.07) is 11.5. The second-order valence-electron chi connectivity index (χ2n) is 6.90. The molecule has 6 nitrogen and oxygen atoms in total. The highest BCUT2D eigenvalue weighted by molar-refractivity contribution is 5.80. The lowest BCUT2D eigenvalue weighted by molar-refractivity contribution is 0.176. The lowest BCUT2D eigenvalue weighted by atomic mass is 9.95. The Bertz CT molecular complexity index is 946. The molecule has 1 unspecified atom stereocenters. The number of nitrogens with zero attached hydrogens (tertiary/aromatic N) is 3. The second-order valence-corrected chi connectivity index (χ2v) is 6.90. The third kappa shape index (κ3) is 3.46. The zero-order valence-corrected chi connectivity index (χ0v) is 14.7. The van der Waals surface area contributed by atoms with Gasteiger partial charge >= 0.3 is 0 Å². The van der Waals surface area contributed by atoms with Gasteiger partial charge in [0.1, 0.15) is 29.1 Å². The number of likely N-dealkylation sites (tertiary alicyclic amines) is 1. The van der Waals surface area contributed by atoms with E-state index in [-0.39, 0.29) is 16.9 Å². The molecular formula is C20H21N5O. The Hall–Kier alpha value is -3.09. The fourth-order valence-electron chi connectivity index (χ4n) is 3.60. The second kappa shape index (κ2) is 7.43. The van der Waals surface area contributed by atoms with Gasteiger partial charge in [0.2, 0.25) is 0 Å². The first-order chi connectivity index (χ1) is 12.5. The SMILES string of the molecule is CC1CCCN(Cc2ccc(-c3c(C#N)c(N)[nH]c(=O)c3C#N)cc2)C1. The molecule has 26 heavy (non-hydrogen) atoms. The molecule has 1 aromatic carbocycles. The van der Waals surface area contributed by atoms with E-state index < -0.39 is 5.56 Å². The minimum Gasteiger partial charge on any atom is -0.384 e. The van der Waals surface area contributed by atoms with E-state index in [0.717, 1.165) is 31.1 Å². The van der Waals surface area contributed by atoms with Crippen molar-refractivity contribution in [2.45, 2.75) is 26.3 Å². The van der Waals surface area contributed by atoms with Crippen LogP contribution in [-0.4, -0.2) is 23.0 Å². The van der Waals surface area contributed by atoms with Crippen molar-refractivity contribution in [2.24, 2.45) is 5.92 Å². The van der Waals surface area contributed by atoms with E-state index in [0.29, 0.717) is 11.1 Å². The van der Waals surface area contributed by atoms with E-state index in [2.05, 4.69) is 16.8 Å². The number of nitrogens with two attached hydrogens (primary N) is 1. The maximum absolute atomic E-state index is 12.0. The van der Waals surface area contributed by atoms with Gasteiger partial charge < -0.3 is 10.7 Å². The van der Waals surface area contributed by atoms with Gasteiger partial charge in [0, 0.05) is 18.7 Å². The van der Waals surface area contributed by atoms with E-state index in [1.807, 2.05) is 36.4 Å². The van der Waals surface area contributed by atoms with Crippen molar-refractivity contribution >= 4 is 5.82 Å². The number of hydrogen-bond acceptors (Lipinski definition) is 5. The van der Waals surface area contributed by atoms with Gasteiger partial charge in [0.25, 0.3) is 5.56 Å². The minimum absolute atomic E-state index is 0.0159. The van der Waals surface area contributed by atoms with Crippen molar-refractivity contribution < 1.29 is 0 Å². The van der Waals surface area contributed by atoms with Crippen LogP contribution < -0.4 is 11.3 Å². The molecule has 0 amide bonds. The van der Waals surface area contributed by atoms with Crippen LogP contribution in [0.2, 0.25) is 0 Å². The van der Waals surface area contributed by atoms with E-state index in [9.17, 15) is 15.3 Å². The predicted molar refractivity (Wildman–Crippen MR) is 100 cm³/mol. The van der Waals surface area contributed by atoms with Crippen LogP contribution in [0.3, 0.4) is 0 Å². The molecule has 0 saturated carbocycles. The predicted octanol–water partition coefficient (Wildman–Crippen LogP) is 2.60. The Labute approximate surface area is 152 Å². The summed E-state index contributed by atoms with van der Waals surface area (Å²) in [6.45, 7) is 5.36. The Morgan fingerprint density at radius 3 is 2.54 bits per heavy atom. The normalized spacial score (nSPS) is 17.4. The minimum atomic E-state index is -0.578.